The summed E-state index contributed by atoms with van der Waals surface area (Å²) in [7, 11) is 0. The summed E-state index contributed by atoms with van der Waals surface area (Å²) in [5.74, 6) is 0. The normalized spacial score (nSPS) is 11.5. The molecule has 1 aromatic heterocycles. The maximum absolute atomic E-state index is 6.64. The van der Waals surface area contributed by atoms with Crippen LogP contribution in [0, 0.1) is 27.7 Å². The first-order valence-corrected chi connectivity index (χ1v) is 17.6. The van der Waals surface area contributed by atoms with Crippen LogP contribution in [0.15, 0.2) is 162 Å². The summed E-state index contributed by atoms with van der Waals surface area (Å²) in [6.45, 7) is 8.64. The van der Waals surface area contributed by atoms with E-state index in [1.165, 1.54) is 33.0 Å². The molecule has 0 spiro atoms. The number of furan rings is 1. The number of rotatable bonds is 6. The fourth-order valence-electron chi connectivity index (χ4n) is 7.72. The third-order valence-electron chi connectivity index (χ3n) is 9.83. The van der Waals surface area contributed by atoms with Crippen molar-refractivity contribution in [1.29, 1.82) is 0 Å². The number of nitrogens with zero attached hydrogens (tertiary/aromatic N) is 2. The van der Waals surface area contributed by atoms with Crippen LogP contribution in [-0.4, -0.2) is 0 Å². The SMILES string of the molecule is Cc1cc(C)cc(N(c2ccccc2)c2ccc3cc4c(cc3c2)oc2cc3cc(N(c5ccccc5)c5cc(C)cc(C)c5)ccc3cc24)c1. The quantitative estimate of drug-likeness (QED) is 0.177. The zero-order chi connectivity index (χ0) is 34.6. The average molecular weight is 659 g/mol. The first-order chi connectivity index (χ1) is 24.9. The van der Waals surface area contributed by atoms with Crippen molar-refractivity contribution in [3.8, 4) is 0 Å². The molecule has 51 heavy (non-hydrogen) atoms. The van der Waals surface area contributed by atoms with Gasteiger partial charge in [-0.3, -0.25) is 0 Å². The van der Waals surface area contributed by atoms with E-state index in [9.17, 15) is 0 Å². The number of para-hydroxylation sites is 2. The molecule has 3 heteroatoms. The molecule has 3 nitrogen and oxygen atoms in total. The molecule has 0 unspecified atom stereocenters. The van der Waals surface area contributed by atoms with Crippen LogP contribution < -0.4 is 9.80 Å². The van der Waals surface area contributed by atoms with Crippen LogP contribution in [0.5, 0.6) is 0 Å². The summed E-state index contributed by atoms with van der Waals surface area (Å²) >= 11 is 0. The van der Waals surface area contributed by atoms with E-state index in [2.05, 4.69) is 195 Å². The molecular formula is C48H38N2O. The lowest BCUT2D eigenvalue weighted by Gasteiger charge is -2.26. The maximum atomic E-state index is 6.64. The van der Waals surface area contributed by atoms with Crippen molar-refractivity contribution in [1.82, 2.24) is 0 Å². The predicted molar refractivity (Wildman–Crippen MR) is 217 cm³/mol. The third kappa shape index (κ3) is 5.67. The molecule has 0 radical (unpaired) electrons. The van der Waals surface area contributed by atoms with Crippen molar-refractivity contribution >= 4 is 77.6 Å². The number of anilines is 6. The Labute approximate surface area is 298 Å². The van der Waals surface area contributed by atoms with Crippen LogP contribution in [0.4, 0.5) is 34.1 Å². The van der Waals surface area contributed by atoms with E-state index in [1.807, 2.05) is 0 Å². The highest BCUT2D eigenvalue weighted by molar-refractivity contribution is 6.14. The monoisotopic (exact) mass is 658 g/mol. The Morgan fingerprint density at radius 3 is 1.10 bits per heavy atom. The number of hydrogen-bond acceptors (Lipinski definition) is 3. The van der Waals surface area contributed by atoms with E-state index in [0.717, 1.165) is 66.8 Å². The Bertz CT molecular complexity index is 2510. The van der Waals surface area contributed by atoms with Gasteiger partial charge in [-0.05, 0) is 169 Å². The molecule has 246 valence electrons. The summed E-state index contributed by atoms with van der Waals surface area (Å²) in [4.78, 5) is 4.67. The summed E-state index contributed by atoms with van der Waals surface area (Å²) < 4.78 is 6.64. The van der Waals surface area contributed by atoms with E-state index in [4.69, 9.17) is 4.42 Å². The van der Waals surface area contributed by atoms with Crippen LogP contribution in [0.1, 0.15) is 22.3 Å². The minimum atomic E-state index is 0.893. The van der Waals surface area contributed by atoms with Crippen molar-refractivity contribution in [2.24, 2.45) is 0 Å². The van der Waals surface area contributed by atoms with Crippen LogP contribution in [0.2, 0.25) is 0 Å². The molecular weight excluding hydrogens is 621 g/mol. The van der Waals surface area contributed by atoms with Gasteiger partial charge in [0.15, 0.2) is 0 Å². The van der Waals surface area contributed by atoms with Crippen molar-refractivity contribution in [2.75, 3.05) is 9.80 Å². The van der Waals surface area contributed by atoms with E-state index in [0.29, 0.717) is 0 Å². The van der Waals surface area contributed by atoms with Crippen molar-refractivity contribution in [2.45, 2.75) is 27.7 Å². The highest BCUT2D eigenvalue weighted by Crippen LogP contribution is 2.41. The second kappa shape index (κ2) is 12.2. The van der Waals surface area contributed by atoms with Gasteiger partial charge < -0.3 is 14.2 Å². The highest BCUT2D eigenvalue weighted by atomic mass is 16.3. The van der Waals surface area contributed by atoms with Crippen LogP contribution in [0.25, 0.3) is 43.5 Å². The molecule has 8 aromatic carbocycles. The molecule has 0 aliphatic carbocycles. The standard InChI is InChI=1S/C48H38N2O/c1-31-19-32(2)22-43(21-31)49(39-11-7-5-8-12-39)41-17-15-35-27-45-46-28-36-16-18-42(26-38(36)30-48(46)51-47(45)29-37(35)25-41)50(40-13-9-6-10-14-40)44-23-33(3)20-34(4)24-44/h5-30H,1-4H3. The molecule has 0 saturated heterocycles. The fraction of sp³-hybridized carbons (Fsp3) is 0.0833. The molecule has 0 fully saturated rings. The smallest absolute Gasteiger partial charge is 0.136 e. The zero-order valence-corrected chi connectivity index (χ0v) is 29.3. The number of fused-ring (bicyclic) bond motifs is 5. The van der Waals surface area contributed by atoms with Gasteiger partial charge in [0, 0.05) is 44.9 Å². The van der Waals surface area contributed by atoms with Gasteiger partial charge in [0.25, 0.3) is 0 Å². The second-order valence-corrected chi connectivity index (χ2v) is 13.9. The van der Waals surface area contributed by atoms with Gasteiger partial charge in [-0.1, -0.05) is 60.7 Å². The van der Waals surface area contributed by atoms with Gasteiger partial charge in [-0.15, -0.1) is 0 Å². The summed E-state index contributed by atoms with van der Waals surface area (Å²) in [5.41, 5.74) is 13.5. The van der Waals surface area contributed by atoms with Gasteiger partial charge in [-0.2, -0.15) is 0 Å². The lowest BCUT2D eigenvalue weighted by Crippen LogP contribution is -2.10. The Kier molecular flexibility index (Phi) is 7.36. The first kappa shape index (κ1) is 30.7. The second-order valence-electron chi connectivity index (χ2n) is 13.9. The first-order valence-electron chi connectivity index (χ1n) is 17.6. The van der Waals surface area contributed by atoms with Gasteiger partial charge >= 0.3 is 0 Å². The van der Waals surface area contributed by atoms with Crippen molar-refractivity contribution in [3.05, 3.63) is 180 Å². The molecule has 0 aliphatic heterocycles. The van der Waals surface area contributed by atoms with Crippen molar-refractivity contribution < 1.29 is 4.42 Å². The Balaban J connectivity index is 1.16. The third-order valence-corrected chi connectivity index (χ3v) is 9.83. The number of aryl methyl sites for hydroxylation is 4. The van der Waals surface area contributed by atoms with Crippen molar-refractivity contribution in [3.63, 3.8) is 0 Å². The molecule has 1 heterocycles. The molecule has 0 N–H and O–H groups in total. The molecule has 9 aromatic rings. The largest absolute Gasteiger partial charge is 0.456 e. The Morgan fingerprint density at radius 1 is 0.314 bits per heavy atom. The summed E-state index contributed by atoms with van der Waals surface area (Å²) in [6.07, 6.45) is 0. The molecule has 0 saturated carbocycles. The van der Waals surface area contributed by atoms with Gasteiger partial charge in [-0.25, -0.2) is 0 Å². The summed E-state index contributed by atoms with van der Waals surface area (Å²) in [5, 5.41) is 6.92. The lowest BCUT2D eigenvalue weighted by molar-refractivity contribution is 0.670. The molecule has 0 bridgehead atoms. The molecule has 0 atom stereocenters. The zero-order valence-electron chi connectivity index (χ0n) is 29.3. The topological polar surface area (TPSA) is 19.6 Å². The van der Waals surface area contributed by atoms with E-state index in [-0.39, 0.29) is 0 Å². The van der Waals surface area contributed by atoms with Crippen LogP contribution in [-0.2, 0) is 0 Å². The van der Waals surface area contributed by atoms with Crippen LogP contribution in [0.3, 0.4) is 0 Å². The number of benzene rings is 8. The van der Waals surface area contributed by atoms with Gasteiger partial charge in [0.2, 0.25) is 0 Å². The molecule has 9 rings (SSSR count). The molecule has 0 amide bonds. The summed E-state index contributed by atoms with van der Waals surface area (Å²) in [6, 6.07) is 57.1. The lowest BCUT2D eigenvalue weighted by atomic mass is 10.0. The fourth-order valence-corrected chi connectivity index (χ4v) is 7.72. The van der Waals surface area contributed by atoms with Gasteiger partial charge in [0.05, 0.1) is 0 Å². The van der Waals surface area contributed by atoms with E-state index >= 15 is 0 Å². The maximum Gasteiger partial charge on any atom is 0.136 e. The van der Waals surface area contributed by atoms with Gasteiger partial charge in [0.1, 0.15) is 11.2 Å². The minimum Gasteiger partial charge on any atom is -0.456 e. The average Bonchev–Trinajstić information content (AvgIpc) is 3.45. The minimum absolute atomic E-state index is 0.893. The number of hydrogen-bond donors (Lipinski definition) is 0. The van der Waals surface area contributed by atoms with E-state index in [1.54, 1.807) is 0 Å². The Hall–Kier alpha value is -6.32. The Morgan fingerprint density at radius 2 is 0.706 bits per heavy atom. The highest BCUT2D eigenvalue weighted by Gasteiger charge is 2.17. The molecule has 0 aliphatic rings. The van der Waals surface area contributed by atoms with Crippen LogP contribution >= 0.6 is 0 Å². The predicted octanol–water partition coefficient (Wildman–Crippen LogP) is 14.1. The van der Waals surface area contributed by atoms with E-state index < -0.39 is 0 Å².